The van der Waals surface area contributed by atoms with E-state index in [9.17, 15) is 10.1 Å². The van der Waals surface area contributed by atoms with E-state index in [0.717, 1.165) is 17.0 Å². The summed E-state index contributed by atoms with van der Waals surface area (Å²) >= 11 is 0. The van der Waals surface area contributed by atoms with Crippen LogP contribution in [0.15, 0.2) is 18.2 Å². The van der Waals surface area contributed by atoms with Gasteiger partial charge in [-0.3, -0.25) is 10.1 Å². The highest BCUT2D eigenvalue weighted by Crippen LogP contribution is 2.21. The molecular weight excluding hydrogens is 258 g/mol. The van der Waals surface area contributed by atoms with Crippen molar-refractivity contribution < 1.29 is 4.92 Å². The van der Waals surface area contributed by atoms with Gasteiger partial charge in [-0.1, -0.05) is 12.1 Å². The molecule has 2 aromatic rings. The van der Waals surface area contributed by atoms with Gasteiger partial charge in [0, 0.05) is 18.2 Å². The third-order valence-electron chi connectivity index (χ3n) is 3.14. The van der Waals surface area contributed by atoms with Crippen molar-refractivity contribution in [2.45, 2.75) is 27.3 Å². The average Bonchev–Trinajstić information content (AvgIpc) is 2.41. The quantitative estimate of drug-likeness (QED) is 0.678. The minimum atomic E-state index is -0.382. The fourth-order valence-corrected chi connectivity index (χ4v) is 1.77. The van der Waals surface area contributed by atoms with Gasteiger partial charge in [0.15, 0.2) is 0 Å². The third-order valence-corrected chi connectivity index (χ3v) is 3.14. The van der Waals surface area contributed by atoms with E-state index >= 15 is 0 Å². The Hall–Kier alpha value is -2.57. The van der Waals surface area contributed by atoms with Gasteiger partial charge in [-0.2, -0.15) is 5.10 Å². The standard InChI is InChI=1S/C13H15N5O2/c1-8-11(5-4-6-12(8)18(19)20)7-14-13-15-9(2)10(3)16-17-13/h4-6H,7H2,1-3H3,(H,14,15,17). The fourth-order valence-electron chi connectivity index (χ4n) is 1.77. The zero-order valence-corrected chi connectivity index (χ0v) is 11.5. The number of hydrogen-bond donors (Lipinski definition) is 1. The fraction of sp³-hybridized carbons (Fsp3) is 0.308. The van der Waals surface area contributed by atoms with Crippen LogP contribution in [0.2, 0.25) is 0 Å². The molecule has 0 saturated heterocycles. The van der Waals surface area contributed by atoms with Gasteiger partial charge in [0.25, 0.3) is 5.69 Å². The number of nitrogens with one attached hydrogen (secondary N) is 1. The van der Waals surface area contributed by atoms with Crippen LogP contribution in [0.3, 0.4) is 0 Å². The summed E-state index contributed by atoms with van der Waals surface area (Å²) in [6, 6.07) is 5.00. The van der Waals surface area contributed by atoms with Crippen LogP contribution in [0, 0.1) is 30.9 Å². The molecule has 20 heavy (non-hydrogen) atoms. The van der Waals surface area contributed by atoms with E-state index in [4.69, 9.17) is 0 Å². The molecule has 0 aliphatic carbocycles. The number of benzene rings is 1. The molecule has 0 bridgehead atoms. The summed E-state index contributed by atoms with van der Waals surface area (Å²) in [7, 11) is 0. The largest absolute Gasteiger partial charge is 0.349 e. The number of rotatable bonds is 4. The Morgan fingerprint density at radius 2 is 1.95 bits per heavy atom. The van der Waals surface area contributed by atoms with Crippen LogP contribution in [-0.2, 0) is 6.54 Å². The first kappa shape index (κ1) is 13.9. The number of nitrogens with zero attached hydrogens (tertiary/aromatic N) is 4. The number of aryl methyl sites for hydroxylation is 2. The second kappa shape index (κ2) is 5.60. The van der Waals surface area contributed by atoms with Gasteiger partial charge in [-0.05, 0) is 26.3 Å². The predicted octanol–water partition coefficient (Wildman–Crippen LogP) is 2.32. The Labute approximate surface area is 116 Å². The molecule has 0 unspecified atom stereocenters. The molecule has 104 valence electrons. The van der Waals surface area contributed by atoms with Gasteiger partial charge in [-0.25, -0.2) is 4.98 Å². The zero-order chi connectivity index (χ0) is 14.7. The summed E-state index contributed by atoms with van der Waals surface area (Å²) in [6.07, 6.45) is 0. The van der Waals surface area contributed by atoms with Crippen LogP contribution in [0.4, 0.5) is 11.6 Å². The van der Waals surface area contributed by atoms with Crippen LogP contribution in [0.25, 0.3) is 0 Å². The van der Waals surface area contributed by atoms with Crippen molar-refractivity contribution in [3.8, 4) is 0 Å². The molecule has 0 aliphatic rings. The van der Waals surface area contributed by atoms with Crippen molar-refractivity contribution in [3.63, 3.8) is 0 Å². The molecule has 1 N–H and O–H groups in total. The molecule has 2 rings (SSSR count). The molecule has 0 amide bonds. The Morgan fingerprint density at radius 1 is 1.20 bits per heavy atom. The van der Waals surface area contributed by atoms with Crippen molar-refractivity contribution in [2.75, 3.05) is 5.32 Å². The molecule has 0 saturated carbocycles. The summed E-state index contributed by atoms with van der Waals surface area (Å²) in [5.41, 5.74) is 3.17. The van der Waals surface area contributed by atoms with Crippen LogP contribution in [0.5, 0.6) is 0 Å². The molecule has 0 fully saturated rings. The van der Waals surface area contributed by atoms with Crippen LogP contribution >= 0.6 is 0 Å². The zero-order valence-electron chi connectivity index (χ0n) is 11.5. The molecule has 0 aliphatic heterocycles. The van der Waals surface area contributed by atoms with Crippen LogP contribution < -0.4 is 5.32 Å². The monoisotopic (exact) mass is 273 g/mol. The number of nitro benzene ring substituents is 1. The first-order valence-corrected chi connectivity index (χ1v) is 6.13. The van der Waals surface area contributed by atoms with Gasteiger partial charge in [-0.15, -0.1) is 5.10 Å². The topological polar surface area (TPSA) is 93.8 Å². The highest BCUT2D eigenvalue weighted by atomic mass is 16.6. The van der Waals surface area contributed by atoms with E-state index in [1.54, 1.807) is 13.0 Å². The molecule has 0 spiro atoms. The van der Waals surface area contributed by atoms with E-state index in [2.05, 4.69) is 20.5 Å². The molecule has 7 nitrogen and oxygen atoms in total. The molecule has 7 heteroatoms. The number of nitro groups is 1. The smallest absolute Gasteiger partial charge is 0.272 e. The van der Waals surface area contributed by atoms with E-state index < -0.39 is 0 Å². The Balaban J connectivity index is 2.17. The van der Waals surface area contributed by atoms with E-state index in [-0.39, 0.29) is 10.6 Å². The molecule has 0 atom stereocenters. The lowest BCUT2D eigenvalue weighted by molar-refractivity contribution is -0.385. The maximum absolute atomic E-state index is 10.9. The number of hydrogen-bond acceptors (Lipinski definition) is 6. The van der Waals surface area contributed by atoms with Gasteiger partial charge in [0.2, 0.25) is 5.95 Å². The predicted molar refractivity (Wildman–Crippen MR) is 74.5 cm³/mol. The summed E-state index contributed by atoms with van der Waals surface area (Å²) in [5, 5.41) is 21.8. The van der Waals surface area contributed by atoms with E-state index in [0.29, 0.717) is 18.1 Å². The maximum atomic E-state index is 10.9. The van der Waals surface area contributed by atoms with E-state index in [1.807, 2.05) is 19.9 Å². The highest BCUT2D eigenvalue weighted by molar-refractivity contribution is 5.45. The molecule has 0 radical (unpaired) electrons. The summed E-state index contributed by atoms with van der Waals surface area (Å²) < 4.78 is 0. The van der Waals surface area contributed by atoms with Crippen LogP contribution in [0.1, 0.15) is 22.5 Å². The van der Waals surface area contributed by atoms with Crippen molar-refractivity contribution in [3.05, 3.63) is 50.8 Å². The lowest BCUT2D eigenvalue weighted by atomic mass is 10.1. The average molecular weight is 273 g/mol. The highest BCUT2D eigenvalue weighted by Gasteiger charge is 2.13. The molecule has 1 aromatic carbocycles. The van der Waals surface area contributed by atoms with Gasteiger partial charge in [0.1, 0.15) is 0 Å². The lowest BCUT2D eigenvalue weighted by Crippen LogP contribution is -2.08. The first-order valence-electron chi connectivity index (χ1n) is 6.13. The number of aromatic nitrogens is 3. The Bertz CT molecular complexity index is 657. The molecule has 1 heterocycles. The summed E-state index contributed by atoms with van der Waals surface area (Å²) in [6.45, 7) is 5.84. The van der Waals surface area contributed by atoms with E-state index in [1.165, 1.54) is 6.07 Å². The van der Waals surface area contributed by atoms with Gasteiger partial charge < -0.3 is 5.32 Å². The second-order valence-electron chi connectivity index (χ2n) is 4.48. The van der Waals surface area contributed by atoms with Crippen LogP contribution in [-0.4, -0.2) is 20.1 Å². The van der Waals surface area contributed by atoms with Gasteiger partial charge >= 0.3 is 0 Å². The van der Waals surface area contributed by atoms with Crippen molar-refractivity contribution in [2.24, 2.45) is 0 Å². The normalized spacial score (nSPS) is 10.3. The Morgan fingerprint density at radius 3 is 2.60 bits per heavy atom. The lowest BCUT2D eigenvalue weighted by Gasteiger charge is -2.08. The van der Waals surface area contributed by atoms with Crippen molar-refractivity contribution >= 4 is 11.6 Å². The molecular formula is C13H15N5O2. The van der Waals surface area contributed by atoms with Gasteiger partial charge in [0.05, 0.1) is 16.3 Å². The van der Waals surface area contributed by atoms with Crippen molar-refractivity contribution in [1.82, 2.24) is 15.2 Å². The first-order chi connectivity index (χ1) is 9.49. The minimum absolute atomic E-state index is 0.114. The Kier molecular flexibility index (Phi) is 3.88. The third kappa shape index (κ3) is 2.87. The SMILES string of the molecule is Cc1nnc(NCc2cccc([N+](=O)[O-])c2C)nc1C. The summed E-state index contributed by atoms with van der Waals surface area (Å²) in [4.78, 5) is 14.8. The summed E-state index contributed by atoms with van der Waals surface area (Å²) in [5.74, 6) is 0.416. The van der Waals surface area contributed by atoms with Crippen molar-refractivity contribution in [1.29, 1.82) is 0 Å². The second-order valence-corrected chi connectivity index (χ2v) is 4.48. The number of anilines is 1. The minimum Gasteiger partial charge on any atom is -0.349 e. The maximum Gasteiger partial charge on any atom is 0.272 e. The molecule has 1 aromatic heterocycles.